The average molecular weight is 430 g/mol. The molecule has 3 amide bonds. The van der Waals surface area contributed by atoms with E-state index in [1.165, 1.54) is 0 Å². The summed E-state index contributed by atoms with van der Waals surface area (Å²) in [6.45, 7) is 2.65. The summed E-state index contributed by atoms with van der Waals surface area (Å²) >= 11 is 3.37. The Morgan fingerprint density at radius 1 is 1.15 bits per heavy atom. The van der Waals surface area contributed by atoms with Crippen molar-refractivity contribution in [3.05, 3.63) is 58.6 Å². The highest BCUT2D eigenvalue weighted by Gasteiger charge is 2.35. The number of carbonyl (C=O) groups excluding carboxylic acids is 3. The van der Waals surface area contributed by atoms with E-state index in [1.54, 1.807) is 29.2 Å². The Labute approximate surface area is 166 Å². The van der Waals surface area contributed by atoms with Gasteiger partial charge in [-0.2, -0.15) is 0 Å². The Morgan fingerprint density at radius 2 is 1.85 bits per heavy atom. The van der Waals surface area contributed by atoms with Crippen LogP contribution in [0.15, 0.2) is 53.0 Å². The standard InChI is InChI=1S/C20H20BrN3O3/c1-2-22-20(27)16-5-3-4-6-17(16)23-19(26)13-11-18(25)24(12-13)15-9-7-14(21)8-10-15/h3-10,13H,2,11-12H2,1H3,(H,22,27)(H,23,26)/t13-/m1/s1. The molecule has 0 aliphatic carbocycles. The molecule has 1 aliphatic heterocycles. The van der Waals surface area contributed by atoms with Crippen LogP contribution in [0.2, 0.25) is 0 Å². The van der Waals surface area contributed by atoms with E-state index in [-0.39, 0.29) is 24.1 Å². The Morgan fingerprint density at radius 3 is 2.56 bits per heavy atom. The Balaban J connectivity index is 1.72. The second kappa shape index (κ2) is 8.35. The van der Waals surface area contributed by atoms with Crippen molar-refractivity contribution in [3.8, 4) is 0 Å². The number of benzene rings is 2. The van der Waals surface area contributed by atoms with Gasteiger partial charge in [0.05, 0.1) is 17.2 Å². The SMILES string of the molecule is CCNC(=O)c1ccccc1NC(=O)[C@@H]1CC(=O)N(c2ccc(Br)cc2)C1. The van der Waals surface area contributed by atoms with E-state index in [9.17, 15) is 14.4 Å². The average Bonchev–Trinajstić information content (AvgIpc) is 3.05. The molecular weight excluding hydrogens is 410 g/mol. The first-order chi connectivity index (χ1) is 13.0. The smallest absolute Gasteiger partial charge is 0.253 e. The first-order valence-corrected chi connectivity index (χ1v) is 9.53. The summed E-state index contributed by atoms with van der Waals surface area (Å²) in [6.07, 6.45) is 0.144. The number of nitrogens with zero attached hydrogens (tertiary/aromatic N) is 1. The number of nitrogens with one attached hydrogen (secondary N) is 2. The third-order valence-corrected chi connectivity index (χ3v) is 4.93. The van der Waals surface area contributed by atoms with Crippen LogP contribution in [0.5, 0.6) is 0 Å². The van der Waals surface area contributed by atoms with Crippen molar-refractivity contribution in [2.24, 2.45) is 5.92 Å². The van der Waals surface area contributed by atoms with Gasteiger partial charge in [0.25, 0.3) is 5.91 Å². The predicted octanol–water partition coefficient (Wildman–Crippen LogP) is 3.19. The number of rotatable bonds is 5. The molecular formula is C20H20BrN3O3. The first-order valence-electron chi connectivity index (χ1n) is 8.73. The van der Waals surface area contributed by atoms with Crippen LogP contribution in [0.1, 0.15) is 23.7 Å². The molecule has 1 fully saturated rings. The highest BCUT2D eigenvalue weighted by molar-refractivity contribution is 9.10. The van der Waals surface area contributed by atoms with Crippen LogP contribution >= 0.6 is 15.9 Å². The van der Waals surface area contributed by atoms with Crippen LogP contribution in [-0.2, 0) is 9.59 Å². The van der Waals surface area contributed by atoms with Crippen molar-refractivity contribution >= 4 is 45.0 Å². The third-order valence-electron chi connectivity index (χ3n) is 4.40. The molecule has 0 radical (unpaired) electrons. The summed E-state index contributed by atoms with van der Waals surface area (Å²) in [7, 11) is 0. The Kier molecular flexibility index (Phi) is 5.91. The van der Waals surface area contributed by atoms with E-state index in [2.05, 4.69) is 26.6 Å². The summed E-state index contributed by atoms with van der Waals surface area (Å²) in [6, 6.07) is 14.2. The maximum Gasteiger partial charge on any atom is 0.253 e. The molecule has 140 valence electrons. The lowest BCUT2D eigenvalue weighted by Crippen LogP contribution is -2.29. The second-order valence-electron chi connectivity index (χ2n) is 6.28. The molecule has 2 N–H and O–H groups in total. The first kappa shape index (κ1) is 19.1. The minimum absolute atomic E-state index is 0.0884. The molecule has 0 saturated carbocycles. The van der Waals surface area contributed by atoms with Crippen molar-refractivity contribution in [1.29, 1.82) is 0 Å². The zero-order valence-electron chi connectivity index (χ0n) is 14.9. The molecule has 7 heteroatoms. The van der Waals surface area contributed by atoms with E-state index in [0.717, 1.165) is 10.2 Å². The number of halogens is 1. The minimum atomic E-state index is -0.469. The van der Waals surface area contributed by atoms with E-state index in [0.29, 0.717) is 24.3 Å². The fourth-order valence-corrected chi connectivity index (χ4v) is 3.30. The van der Waals surface area contributed by atoms with Crippen LogP contribution in [0.3, 0.4) is 0 Å². The summed E-state index contributed by atoms with van der Waals surface area (Å²) in [5.41, 5.74) is 1.62. The minimum Gasteiger partial charge on any atom is -0.352 e. The van der Waals surface area contributed by atoms with Crippen molar-refractivity contribution in [3.63, 3.8) is 0 Å². The molecule has 6 nitrogen and oxygen atoms in total. The number of carbonyl (C=O) groups is 3. The van der Waals surface area contributed by atoms with Gasteiger partial charge in [0.2, 0.25) is 11.8 Å². The fourth-order valence-electron chi connectivity index (χ4n) is 3.03. The largest absolute Gasteiger partial charge is 0.352 e. The van der Waals surface area contributed by atoms with Gasteiger partial charge in [0.15, 0.2) is 0 Å². The van der Waals surface area contributed by atoms with Gasteiger partial charge in [-0.05, 0) is 43.3 Å². The quantitative estimate of drug-likeness (QED) is 0.765. The number of anilines is 2. The van der Waals surface area contributed by atoms with E-state index in [1.807, 2.05) is 31.2 Å². The van der Waals surface area contributed by atoms with Gasteiger partial charge in [-0.25, -0.2) is 0 Å². The number of hydrogen-bond acceptors (Lipinski definition) is 3. The lowest BCUT2D eigenvalue weighted by molar-refractivity contribution is -0.122. The molecule has 2 aromatic carbocycles. The van der Waals surface area contributed by atoms with Gasteiger partial charge in [-0.3, -0.25) is 14.4 Å². The van der Waals surface area contributed by atoms with Crippen LogP contribution in [0, 0.1) is 5.92 Å². The van der Waals surface area contributed by atoms with Gasteiger partial charge in [0, 0.05) is 29.7 Å². The summed E-state index contributed by atoms with van der Waals surface area (Å²) < 4.78 is 0.925. The van der Waals surface area contributed by atoms with Crippen LogP contribution in [0.4, 0.5) is 11.4 Å². The lowest BCUT2D eigenvalue weighted by atomic mass is 10.1. The molecule has 0 spiro atoms. The molecule has 2 aromatic rings. The second-order valence-corrected chi connectivity index (χ2v) is 7.19. The van der Waals surface area contributed by atoms with Crippen LogP contribution < -0.4 is 15.5 Å². The fraction of sp³-hybridized carbons (Fsp3) is 0.250. The molecule has 1 saturated heterocycles. The molecule has 27 heavy (non-hydrogen) atoms. The molecule has 1 atom stereocenters. The van der Waals surface area contributed by atoms with Crippen molar-refractivity contribution in [1.82, 2.24) is 5.32 Å². The Bertz CT molecular complexity index is 867. The van der Waals surface area contributed by atoms with Gasteiger partial charge in [-0.15, -0.1) is 0 Å². The van der Waals surface area contributed by atoms with Crippen molar-refractivity contribution < 1.29 is 14.4 Å². The summed E-state index contributed by atoms with van der Waals surface area (Å²) in [4.78, 5) is 38.8. The van der Waals surface area contributed by atoms with Gasteiger partial charge in [0.1, 0.15) is 0 Å². The van der Waals surface area contributed by atoms with Gasteiger partial charge >= 0.3 is 0 Å². The number of amides is 3. The number of para-hydroxylation sites is 1. The third kappa shape index (κ3) is 4.36. The highest BCUT2D eigenvalue weighted by Crippen LogP contribution is 2.27. The zero-order chi connectivity index (χ0) is 19.4. The van der Waals surface area contributed by atoms with Gasteiger partial charge < -0.3 is 15.5 Å². The van der Waals surface area contributed by atoms with Crippen molar-refractivity contribution in [2.45, 2.75) is 13.3 Å². The molecule has 0 aromatic heterocycles. The predicted molar refractivity (Wildman–Crippen MR) is 108 cm³/mol. The monoisotopic (exact) mass is 429 g/mol. The van der Waals surface area contributed by atoms with Gasteiger partial charge in [-0.1, -0.05) is 28.1 Å². The maximum atomic E-state index is 12.7. The molecule has 0 bridgehead atoms. The van der Waals surface area contributed by atoms with E-state index < -0.39 is 5.92 Å². The topological polar surface area (TPSA) is 78.5 Å². The zero-order valence-corrected chi connectivity index (χ0v) is 16.5. The molecule has 0 unspecified atom stereocenters. The van der Waals surface area contributed by atoms with Crippen molar-refractivity contribution in [2.75, 3.05) is 23.3 Å². The normalized spacial score (nSPS) is 16.3. The van der Waals surface area contributed by atoms with Crippen LogP contribution in [-0.4, -0.2) is 30.8 Å². The lowest BCUT2D eigenvalue weighted by Gasteiger charge is -2.17. The van der Waals surface area contributed by atoms with E-state index in [4.69, 9.17) is 0 Å². The molecule has 1 heterocycles. The van der Waals surface area contributed by atoms with Crippen LogP contribution in [0.25, 0.3) is 0 Å². The molecule has 1 aliphatic rings. The van der Waals surface area contributed by atoms with E-state index >= 15 is 0 Å². The Hall–Kier alpha value is -2.67. The summed E-state index contributed by atoms with van der Waals surface area (Å²) in [5, 5.41) is 5.54. The number of hydrogen-bond donors (Lipinski definition) is 2. The maximum absolute atomic E-state index is 12.7. The molecule has 3 rings (SSSR count). The summed E-state index contributed by atoms with van der Waals surface area (Å²) in [5.74, 6) is -1.06. The highest BCUT2D eigenvalue weighted by atomic mass is 79.9.